The largest absolute Gasteiger partial charge is 0.467 e. The number of nitriles is 1. The fraction of sp³-hybridized carbons (Fsp3) is 0.316. The number of aromatic nitrogens is 3. The van der Waals surface area contributed by atoms with Gasteiger partial charge in [0, 0.05) is 19.7 Å². The van der Waals surface area contributed by atoms with Gasteiger partial charge in [-0.1, -0.05) is 0 Å². The Hall–Kier alpha value is -3.16. The Morgan fingerprint density at radius 2 is 2.00 bits per heavy atom. The predicted molar refractivity (Wildman–Crippen MR) is 97.0 cm³/mol. The van der Waals surface area contributed by atoms with Crippen LogP contribution in [0.5, 0.6) is 5.75 Å². The van der Waals surface area contributed by atoms with Gasteiger partial charge in [0.1, 0.15) is 17.3 Å². The molecule has 0 radical (unpaired) electrons. The number of methoxy groups -OCH3 is 1. The molecule has 0 N–H and O–H groups in total. The fourth-order valence-corrected chi connectivity index (χ4v) is 2.70. The molecule has 152 valence electrons. The molecule has 29 heavy (non-hydrogen) atoms. The second-order valence-corrected chi connectivity index (χ2v) is 6.06. The molecule has 1 aromatic carbocycles. The van der Waals surface area contributed by atoms with E-state index in [1.807, 2.05) is 6.07 Å². The highest BCUT2D eigenvalue weighted by molar-refractivity contribution is 5.84. The van der Waals surface area contributed by atoms with Gasteiger partial charge in [0.25, 0.3) is 0 Å². The Kier molecular flexibility index (Phi) is 6.00. The SMILES string of the molecule is COCCOCOc1ccc(-c2cc3c(ncn3C)c(C#N)n2)cc1C(F)(F)F. The number of ether oxygens (including phenoxy) is 3. The van der Waals surface area contributed by atoms with Crippen LogP contribution in [-0.2, 0) is 22.7 Å². The number of aryl methyl sites for hydroxylation is 1. The van der Waals surface area contributed by atoms with Gasteiger partial charge in [0.15, 0.2) is 12.5 Å². The number of pyridine rings is 1. The van der Waals surface area contributed by atoms with E-state index in [4.69, 9.17) is 14.2 Å². The smallest absolute Gasteiger partial charge is 0.419 e. The number of benzene rings is 1. The Morgan fingerprint density at radius 1 is 1.21 bits per heavy atom. The first kappa shape index (κ1) is 20.6. The van der Waals surface area contributed by atoms with Gasteiger partial charge >= 0.3 is 6.18 Å². The minimum Gasteiger partial charge on any atom is -0.467 e. The molecule has 2 aromatic heterocycles. The van der Waals surface area contributed by atoms with Crippen molar-refractivity contribution < 1.29 is 27.4 Å². The number of alkyl halides is 3. The van der Waals surface area contributed by atoms with E-state index in [9.17, 15) is 18.4 Å². The first-order valence-electron chi connectivity index (χ1n) is 8.48. The van der Waals surface area contributed by atoms with Crippen molar-refractivity contribution in [3.63, 3.8) is 0 Å². The van der Waals surface area contributed by atoms with Crippen LogP contribution in [-0.4, -0.2) is 41.7 Å². The minimum absolute atomic E-state index is 0.0403. The van der Waals surface area contributed by atoms with Crippen molar-refractivity contribution >= 4 is 11.0 Å². The number of nitrogens with zero attached hydrogens (tertiary/aromatic N) is 4. The van der Waals surface area contributed by atoms with E-state index < -0.39 is 11.7 Å². The highest BCUT2D eigenvalue weighted by atomic mass is 19.4. The molecule has 0 aliphatic rings. The van der Waals surface area contributed by atoms with E-state index in [0.29, 0.717) is 17.6 Å². The molecule has 3 aromatic rings. The molecule has 3 rings (SSSR count). The first-order chi connectivity index (χ1) is 13.8. The van der Waals surface area contributed by atoms with Crippen LogP contribution in [0.2, 0.25) is 0 Å². The van der Waals surface area contributed by atoms with Gasteiger partial charge in [-0.3, -0.25) is 0 Å². The average molecular weight is 406 g/mol. The molecule has 0 saturated heterocycles. The molecule has 0 atom stereocenters. The third-order valence-corrected chi connectivity index (χ3v) is 4.13. The summed E-state index contributed by atoms with van der Waals surface area (Å²) in [5, 5.41) is 9.32. The summed E-state index contributed by atoms with van der Waals surface area (Å²) in [6.07, 6.45) is -3.13. The van der Waals surface area contributed by atoms with E-state index in [1.54, 1.807) is 17.7 Å². The molecule has 2 heterocycles. The van der Waals surface area contributed by atoms with E-state index in [2.05, 4.69) is 9.97 Å². The lowest BCUT2D eigenvalue weighted by atomic mass is 10.1. The fourth-order valence-electron chi connectivity index (χ4n) is 2.70. The summed E-state index contributed by atoms with van der Waals surface area (Å²) >= 11 is 0. The van der Waals surface area contributed by atoms with E-state index in [0.717, 1.165) is 6.07 Å². The maximum atomic E-state index is 13.6. The molecule has 0 aliphatic carbocycles. The van der Waals surface area contributed by atoms with Gasteiger partial charge in [0.2, 0.25) is 0 Å². The third kappa shape index (κ3) is 4.47. The molecule has 0 fully saturated rings. The maximum absolute atomic E-state index is 13.6. The van der Waals surface area contributed by atoms with Crippen LogP contribution in [0.15, 0.2) is 30.6 Å². The molecule has 0 bridgehead atoms. The van der Waals surface area contributed by atoms with Crippen LogP contribution >= 0.6 is 0 Å². The van der Waals surface area contributed by atoms with Gasteiger partial charge in [0.05, 0.1) is 36.3 Å². The Bertz CT molecular complexity index is 1060. The van der Waals surface area contributed by atoms with Gasteiger partial charge in [-0.15, -0.1) is 0 Å². The van der Waals surface area contributed by atoms with Gasteiger partial charge < -0.3 is 18.8 Å². The Labute approximate surface area is 164 Å². The number of hydrogen-bond donors (Lipinski definition) is 0. The van der Waals surface area contributed by atoms with Gasteiger partial charge in [-0.2, -0.15) is 18.4 Å². The molecule has 10 heteroatoms. The third-order valence-electron chi connectivity index (χ3n) is 4.13. The second-order valence-electron chi connectivity index (χ2n) is 6.06. The van der Waals surface area contributed by atoms with Crippen molar-refractivity contribution in [1.82, 2.24) is 14.5 Å². The van der Waals surface area contributed by atoms with Gasteiger partial charge in [-0.25, -0.2) is 9.97 Å². The summed E-state index contributed by atoms with van der Waals surface area (Å²) in [6, 6.07) is 7.12. The number of hydrogen-bond acceptors (Lipinski definition) is 6. The molecule has 0 unspecified atom stereocenters. The highest BCUT2D eigenvalue weighted by Crippen LogP contribution is 2.39. The Morgan fingerprint density at radius 3 is 2.69 bits per heavy atom. The molecule has 0 amide bonds. The topological polar surface area (TPSA) is 82.2 Å². The molecule has 0 spiro atoms. The summed E-state index contributed by atoms with van der Waals surface area (Å²) in [5.74, 6) is -0.360. The van der Waals surface area contributed by atoms with Crippen molar-refractivity contribution in [1.29, 1.82) is 5.26 Å². The van der Waals surface area contributed by atoms with Crippen molar-refractivity contribution in [3.8, 4) is 23.1 Å². The number of rotatable bonds is 7. The molecular formula is C19H17F3N4O3. The lowest BCUT2D eigenvalue weighted by Crippen LogP contribution is -2.12. The zero-order chi connectivity index (χ0) is 21.0. The van der Waals surface area contributed by atoms with Crippen molar-refractivity contribution in [3.05, 3.63) is 41.9 Å². The normalized spacial score (nSPS) is 11.6. The summed E-state index contributed by atoms with van der Waals surface area (Å²) in [6.45, 7) is 0.156. The van der Waals surface area contributed by atoms with E-state index in [-0.39, 0.29) is 36.1 Å². The molecule has 0 saturated carbocycles. The number of halogens is 3. The van der Waals surface area contributed by atoms with Crippen LogP contribution in [0.3, 0.4) is 0 Å². The predicted octanol–water partition coefficient (Wildman–Crippen LogP) is 3.53. The summed E-state index contributed by atoms with van der Waals surface area (Å²) in [7, 11) is 3.21. The highest BCUT2D eigenvalue weighted by Gasteiger charge is 2.35. The standard InChI is InChI=1S/C19H17F3N4O3/c1-26-10-24-18-15(9-23)25-14(8-16(18)26)12-3-4-17(13(7-12)19(20,21)22)29-11-28-6-5-27-2/h3-4,7-8,10H,5-6,11H2,1-2H3. The van der Waals surface area contributed by atoms with E-state index in [1.165, 1.54) is 25.6 Å². The molecular weight excluding hydrogens is 389 g/mol. The van der Waals surface area contributed by atoms with Crippen LogP contribution in [0, 0.1) is 11.3 Å². The molecule has 7 nitrogen and oxygen atoms in total. The maximum Gasteiger partial charge on any atom is 0.419 e. The number of fused-ring (bicyclic) bond motifs is 1. The average Bonchev–Trinajstić information content (AvgIpc) is 3.07. The summed E-state index contributed by atoms with van der Waals surface area (Å²) < 4.78 is 57.3. The summed E-state index contributed by atoms with van der Waals surface area (Å²) in [4.78, 5) is 8.27. The minimum atomic E-state index is -4.65. The number of imidazole rings is 1. The van der Waals surface area contributed by atoms with Gasteiger partial charge in [-0.05, 0) is 24.3 Å². The van der Waals surface area contributed by atoms with Crippen LogP contribution in [0.4, 0.5) is 13.2 Å². The first-order valence-corrected chi connectivity index (χ1v) is 8.48. The van der Waals surface area contributed by atoms with Crippen LogP contribution in [0.25, 0.3) is 22.3 Å². The van der Waals surface area contributed by atoms with Crippen LogP contribution in [0.1, 0.15) is 11.3 Å². The molecule has 0 aliphatic heterocycles. The van der Waals surface area contributed by atoms with Crippen molar-refractivity contribution in [2.75, 3.05) is 27.1 Å². The Balaban J connectivity index is 1.98. The lowest BCUT2D eigenvalue weighted by Gasteiger charge is -2.15. The second kappa shape index (κ2) is 8.46. The van der Waals surface area contributed by atoms with Crippen LogP contribution < -0.4 is 4.74 Å². The zero-order valence-corrected chi connectivity index (χ0v) is 15.7. The monoisotopic (exact) mass is 406 g/mol. The zero-order valence-electron chi connectivity index (χ0n) is 15.7. The lowest BCUT2D eigenvalue weighted by molar-refractivity contribution is -0.139. The van der Waals surface area contributed by atoms with Crippen molar-refractivity contribution in [2.24, 2.45) is 7.05 Å². The quantitative estimate of drug-likeness (QED) is 0.441. The van der Waals surface area contributed by atoms with E-state index >= 15 is 0 Å². The summed E-state index contributed by atoms with van der Waals surface area (Å²) in [5.41, 5.74) is 0.486. The van der Waals surface area contributed by atoms with Crippen molar-refractivity contribution in [2.45, 2.75) is 6.18 Å².